The van der Waals surface area contributed by atoms with Crippen LogP contribution in [0.4, 0.5) is 0 Å². The van der Waals surface area contributed by atoms with Gasteiger partial charge in [-0.25, -0.2) is 4.98 Å². The molecule has 1 N–H and O–H groups in total. The molecule has 0 unspecified atom stereocenters. The molecule has 2 aromatic rings. The molecule has 2 heterocycles. The number of nitrogens with zero attached hydrogens (tertiary/aromatic N) is 2. The van der Waals surface area contributed by atoms with Crippen LogP contribution in [0.25, 0.3) is 10.2 Å². The molecule has 0 atom stereocenters. The molecular formula is C12H15N3S. The third-order valence-corrected chi connectivity index (χ3v) is 3.82. The van der Waals surface area contributed by atoms with Gasteiger partial charge in [0, 0.05) is 32.7 Å². The summed E-state index contributed by atoms with van der Waals surface area (Å²) >= 11 is 1.71. The highest BCUT2D eigenvalue weighted by molar-refractivity contribution is 7.16. The van der Waals surface area contributed by atoms with Gasteiger partial charge in [-0.2, -0.15) is 0 Å². The zero-order valence-electron chi connectivity index (χ0n) is 9.15. The average Bonchev–Trinajstić information content (AvgIpc) is 2.77. The van der Waals surface area contributed by atoms with Crippen LogP contribution in [0.5, 0.6) is 0 Å². The van der Waals surface area contributed by atoms with Crippen LogP contribution in [-0.4, -0.2) is 36.1 Å². The lowest BCUT2D eigenvalue weighted by molar-refractivity contribution is 0.233. The summed E-state index contributed by atoms with van der Waals surface area (Å²) in [5.41, 5.74) is 4.43. The molecule has 1 saturated heterocycles. The van der Waals surface area contributed by atoms with E-state index >= 15 is 0 Å². The fourth-order valence-corrected chi connectivity index (χ4v) is 2.79. The van der Waals surface area contributed by atoms with Gasteiger partial charge in [0.1, 0.15) is 0 Å². The minimum Gasteiger partial charge on any atom is -0.314 e. The third-order valence-electron chi connectivity index (χ3n) is 3.01. The molecule has 3 nitrogen and oxygen atoms in total. The van der Waals surface area contributed by atoms with Crippen LogP contribution in [0.15, 0.2) is 23.7 Å². The second-order valence-electron chi connectivity index (χ2n) is 4.18. The van der Waals surface area contributed by atoms with Crippen molar-refractivity contribution in [1.82, 2.24) is 15.2 Å². The Balaban J connectivity index is 1.77. The van der Waals surface area contributed by atoms with Gasteiger partial charge in [-0.1, -0.05) is 6.07 Å². The van der Waals surface area contributed by atoms with E-state index in [0.717, 1.165) is 38.2 Å². The predicted octanol–water partition coefficient (Wildman–Crippen LogP) is 1.70. The first-order valence-electron chi connectivity index (χ1n) is 5.67. The van der Waals surface area contributed by atoms with Crippen molar-refractivity contribution in [3.05, 3.63) is 29.3 Å². The van der Waals surface area contributed by atoms with Crippen LogP contribution < -0.4 is 5.32 Å². The third kappa shape index (κ3) is 2.09. The zero-order chi connectivity index (χ0) is 10.8. The largest absolute Gasteiger partial charge is 0.314 e. The van der Waals surface area contributed by atoms with E-state index in [1.165, 1.54) is 10.3 Å². The molecule has 0 aliphatic carbocycles. The molecule has 1 aromatic carbocycles. The Morgan fingerprint density at radius 2 is 2.19 bits per heavy atom. The molecule has 1 aromatic heterocycles. The van der Waals surface area contributed by atoms with Crippen molar-refractivity contribution in [2.45, 2.75) is 6.54 Å². The predicted molar refractivity (Wildman–Crippen MR) is 67.8 cm³/mol. The van der Waals surface area contributed by atoms with Crippen molar-refractivity contribution in [3.8, 4) is 0 Å². The minimum atomic E-state index is 1.05. The molecule has 0 amide bonds. The molecule has 0 radical (unpaired) electrons. The minimum absolute atomic E-state index is 1.05. The number of hydrogen-bond acceptors (Lipinski definition) is 4. The van der Waals surface area contributed by atoms with Crippen LogP contribution in [0.3, 0.4) is 0 Å². The zero-order valence-corrected chi connectivity index (χ0v) is 9.96. The van der Waals surface area contributed by atoms with Gasteiger partial charge >= 0.3 is 0 Å². The number of thiazole rings is 1. The SMILES string of the molecule is c1nc2cc(CN3CCNCC3)ccc2s1. The normalized spacial score (nSPS) is 18.0. The number of piperazine rings is 1. The Bertz CT molecular complexity index is 474. The summed E-state index contributed by atoms with van der Waals surface area (Å²) in [7, 11) is 0. The molecule has 0 spiro atoms. The van der Waals surface area contributed by atoms with Gasteiger partial charge in [-0.05, 0) is 17.7 Å². The van der Waals surface area contributed by atoms with E-state index < -0.39 is 0 Å². The van der Waals surface area contributed by atoms with Crippen molar-refractivity contribution in [2.75, 3.05) is 26.2 Å². The molecule has 0 bridgehead atoms. The van der Waals surface area contributed by atoms with Crippen molar-refractivity contribution in [3.63, 3.8) is 0 Å². The average molecular weight is 233 g/mol. The van der Waals surface area contributed by atoms with Crippen LogP contribution in [-0.2, 0) is 6.54 Å². The highest BCUT2D eigenvalue weighted by Crippen LogP contribution is 2.19. The fraction of sp³-hybridized carbons (Fsp3) is 0.417. The Morgan fingerprint density at radius 1 is 1.31 bits per heavy atom. The molecular weight excluding hydrogens is 218 g/mol. The summed E-state index contributed by atoms with van der Waals surface area (Å²) in [6.07, 6.45) is 0. The summed E-state index contributed by atoms with van der Waals surface area (Å²) in [6, 6.07) is 6.63. The first-order valence-corrected chi connectivity index (χ1v) is 6.55. The highest BCUT2D eigenvalue weighted by Gasteiger charge is 2.10. The highest BCUT2D eigenvalue weighted by atomic mass is 32.1. The van der Waals surface area contributed by atoms with E-state index in [1.54, 1.807) is 11.3 Å². The second-order valence-corrected chi connectivity index (χ2v) is 5.07. The van der Waals surface area contributed by atoms with E-state index in [2.05, 4.69) is 33.4 Å². The second kappa shape index (κ2) is 4.49. The Morgan fingerprint density at radius 3 is 3.06 bits per heavy atom. The van der Waals surface area contributed by atoms with E-state index in [0.29, 0.717) is 0 Å². The van der Waals surface area contributed by atoms with E-state index in [-0.39, 0.29) is 0 Å². The maximum atomic E-state index is 4.36. The summed E-state index contributed by atoms with van der Waals surface area (Å²) in [5.74, 6) is 0. The lowest BCUT2D eigenvalue weighted by Crippen LogP contribution is -2.42. The standard InChI is InChI=1S/C12H15N3S/c1-2-12-11(14-9-16-12)7-10(1)8-15-5-3-13-4-6-15/h1-2,7,9,13H,3-6,8H2. The van der Waals surface area contributed by atoms with Crippen molar-refractivity contribution >= 4 is 21.6 Å². The van der Waals surface area contributed by atoms with E-state index in [9.17, 15) is 0 Å². The van der Waals surface area contributed by atoms with Gasteiger partial charge < -0.3 is 5.32 Å². The quantitative estimate of drug-likeness (QED) is 0.856. The van der Waals surface area contributed by atoms with Gasteiger partial charge in [-0.15, -0.1) is 11.3 Å². The van der Waals surface area contributed by atoms with Gasteiger partial charge in [0.25, 0.3) is 0 Å². The molecule has 1 aliphatic heterocycles. The number of aromatic nitrogens is 1. The van der Waals surface area contributed by atoms with E-state index in [1.807, 2.05) is 5.51 Å². The molecule has 16 heavy (non-hydrogen) atoms. The van der Waals surface area contributed by atoms with E-state index in [4.69, 9.17) is 0 Å². The first kappa shape index (κ1) is 10.2. The monoisotopic (exact) mass is 233 g/mol. The lowest BCUT2D eigenvalue weighted by atomic mass is 10.2. The fourth-order valence-electron chi connectivity index (χ4n) is 2.13. The number of rotatable bonds is 2. The van der Waals surface area contributed by atoms with Crippen molar-refractivity contribution in [1.29, 1.82) is 0 Å². The first-order chi connectivity index (χ1) is 7.92. The van der Waals surface area contributed by atoms with Crippen LogP contribution in [0.2, 0.25) is 0 Å². The van der Waals surface area contributed by atoms with Gasteiger partial charge in [0.15, 0.2) is 0 Å². The summed E-state index contributed by atoms with van der Waals surface area (Å²) in [6.45, 7) is 5.57. The van der Waals surface area contributed by atoms with Crippen molar-refractivity contribution < 1.29 is 0 Å². The van der Waals surface area contributed by atoms with Gasteiger partial charge in [-0.3, -0.25) is 4.90 Å². The maximum Gasteiger partial charge on any atom is 0.0815 e. The Kier molecular flexibility index (Phi) is 2.86. The molecule has 1 fully saturated rings. The Hall–Kier alpha value is -0.970. The molecule has 3 rings (SSSR count). The summed E-state index contributed by atoms with van der Waals surface area (Å²) in [4.78, 5) is 6.85. The van der Waals surface area contributed by atoms with Gasteiger partial charge in [0.05, 0.1) is 15.7 Å². The summed E-state index contributed by atoms with van der Waals surface area (Å²) in [5, 5.41) is 3.37. The molecule has 4 heteroatoms. The Labute approximate surface area is 99.1 Å². The van der Waals surface area contributed by atoms with Crippen LogP contribution >= 0.6 is 11.3 Å². The number of nitrogens with one attached hydrogen (secondary N) is 1. The summed E-state index contributed by atoms with van der Waals surface area (Å²) < 4.78 is 1.28. The smallest absolute Gasteiger partial charge is 0.0815 e. The van der Waals surface area contributed by atoms with Crippen LogP contribution in [0, 0.1) is 0 Å². The maximum absolute atomic E-state index is 4.36. The lowest BCUT2D eigenvalue weighted by Gasteiger charge is -2.27. The molecule has 84 valence electrons. The van der Waals surface area contributed by atoms with Crippen molar-refractivity contribution in [2.24, 2.45) is 0 Å². The molecule has 0 saturated carbocycles. The van der Waals surface area contributed by atoms with Crippen LogP contribution in [0.1, 0.15) is 5.56 Å². The molecule has 1 aliphatic rings. The number of fused-ring (bicyclic) bond motifs is 1. The number of benzene rings is 1. The number of hydrogen-bond donors (Lipinski definition) is 1. The van der Waals surface area contributed by atoms with Gasteiger partial charge in [0.2, 0.25) is 0 Å². The topological polar surface area (TPSA) is 28.2 Å².